The Morgan fingerprint density at radius 2 is 1.25 bits per heavy atom. The van der Waals surface area contributed by atoms with Crippen LogP contribution in [0.5, 0.6) is 0 Å². The molecule has 0 spiro atoms. The summed E-state index contributed by atoms with van der Waals surface area (Å²) < 4.78 is 33.9. The molecule has 6 nitrogen and oxygen atoms in total. The van der Waals surface area contributed by atoms with Gasteiger partial charge in [0.15, 0.2) is 0 Å². The van der Waals surface area contributed by atoms with Crippen LogP contribution >= 0.6 is 0 Å². The average molecular weight is 304 g/mol. The predicted molar refractivity (Wildman–Crippen MR) is 72.5 cm³/mol. The first-order valence-corrected chi connectivity index (χ1v) is 9.49. The fourth-order valence-corrected chi connectivity index (χ4v) is 4.68. The minimum atomic E-state index is -2.62. The van der Waals surface area contributed by atoms with Crippen molar-refractivity contribution >= 4 is 8.80 Å². The first-order chi connectivity index (χ1) is 9.80. The monoisotopic (exact) mass is 304 g/mol. The molecular weight excluding hydrogens is 280 g/mol. The molecule has 3 atom stereocenters. The number of epoxide rings is 3. The lowest BCUT2D eigenvalue weighted by Crippen LogP contribution is -2.48. The zero-order valence-electron chi connectivity index (χ0n) is 12.0. The summed E-state index contributed by atoms with van der Waals surface area (Å²) in [6.07, 6.45) is 2.83. The van der Waals surface area contributed by atoms with Gasteiger partial charge in [-0.3, -0.25) is 0 Å². The molecule has 0 bridgehead atoms. The van der Waals surface area contributed by atoms with E-state index in [4.69, 9.17) is 27.5 Å². The van der Waals surface area contributed by atoms with Gasteiger partial charge < -0.3 is 27.5 Å². The largest absolute Gasteiger partial charge is 0.501 e. The van der Waals surface area contributed by atoms with Gasteiger partial charge in [0.25, 0.3) is 0 Å². The van der Waals surface area contributed by atoms with Crippen molar-refractivity contribution in [2.45, 2.75) is 44.1 Å². The zero-order valence-corrected chi connectivity index (χ0v) is 13.0. The SMILES string of the molecule is CCCC[Si](OCC1CO1)(OCC1CO1)OCC1CO1. The topological polar surface area (TPSA) is 65.3 Å². The maximum Gasteiger partial charge on any atom is 0.501 e. The molecule has 0 amide bonds. The van der Waals surface area contributed by atoms with E-state index in [0.29, 0.717) is 19.8 Å². The van der Waals surface area contributed by atoms with E-state index in [-0.39, 0.29) is 18.3 Å². The Hall–Kier alpha value is -0.0231. The van der Waals surface area contributed by atoms with E-state index in [1.54, 1.807) is 0 Å². The fourth-order valence-electron chi connectivity index (χ4n) is 1.89. The maximum atomic E-state index is 6.07. The van der Waals surface area contributed by atoms with Crippen molar-refractivity contribution in [2.75, 3.05) is 39.6 Å². The number of unbranched alkanes of at least 4 members (excludes halogenated alkanes) is 1. The molecule has 20 heavy (non-hydrogen) atoms. The molecule has 0 radical (unpaired) electrons. The summed E-state index contributed by atoms with van der Waals surface area (Å²) >= 11 is 0. The first-order valence-electron chi connectivity index (χ1n) is 7.56. The van der Waals surface area contributed by atoms with Gasteiger partial charge in [0.1, 0.15) is 18.3 Å². The third kappa shape index (κ3) is 5.07. The van der Waals surface area contributed by atoms with Crippen LogP contribution in [0.15, 0.2) is 0 Å². The van der Waals surface area contributed by atoms with Gasteiger partial charge in [-0.15, -0.1) is 0 Å². The molecular formula is C13H24O6Si. The van der Waals surface area contributed by atoms with Crippen LogP contribution in [0, 0.1) is 0 Å². The van der Waals surface area contributed by atoms with Crippen LogP contribution in [0.1, 0.15) is 19.8 Å². The quantitative estimate of drug-likeness (QED) is 0.395. The van der Waals surface area contributed by atoms with Crippen LogP contribution in [0.4, 0.5) is 0 Å². The smallest absolute Gasteiger partial charge is 0.371 e. The predicted octanol–water partition coefficient (Wildman–Crippen LogP) is 0.972. The Morgan fingerprint density at radius 3 is 1.55 bits per heavy atom. The summed E-state index contributed by atoms with van der Waals surface area (Å²) in [4.78, 5) is 0. The molecule has 3 heterocycles. The fraction of sp³-hybridized carbons (Fsp3) is 1.00. The summed E-state index contributed by atoms with van der Waals surface area (Å²) in [6, 6.07) is 0.857. The third-order valence-corrected chi connectivity index (χ3v) is 6.30. The van der Waals surface area contributed by atoms with Gasteiger partial charge in [-0.05, 0) is 6.42 Å². The molecule has 7 heteroatoms. The molecule has 0 saturated carbocycles. The van der Waals surface area contributed by atoms with Gasteiger partial charge >= 0.3 is 8.80 Å². The van der Waals surface area contributed by atoms with Gasteiger partial charge in [-0.25, -0.2) is 0 Å². The van der Waals surface area contributed by atoms with Crippen molar-refractivity contribution in [3.8, 4) is 0 Å². The van der Waals surface area contributed by atoms with Crippen LogP contribution < -0.4 is 0 Å². The molecule has 3 unspecified atom stereocenters. The van der Waals surface area contributed by atoms with Crippen LogP contribution in [-0.4, -0.2) is 66.8 Å². The average Bonchev–Trinajstić information content (AvgIpc) is 3.27. The lowest BCUT2D eigenvalue weighted by Gasteiger charge is -2.29. The number of ether oxygens (including phenoxy) is 3. The minimum Gasteiger partial charge on any atom is -0.371 e. The van der Waals surface area contributed by atoms with Crippen molar-refractivity contribution < 1.29 is 27.5 Å². The number of rotatable bonds is 12. The Labute approximate surface area is 121 Å². The zero-order chi connectivity index (χ0) is 13.8. The molecule has 3 aliphatic rings. The Bertz CT molecular complexity index is 262. The second kappa shape index (κ2) is 6.82. The standard InChI is InChI=1S/C13H24O6Si/c1-2-3-4-20(17-8-11-5-14-11,18-9-12-6-15-12)19-10-13-7-16-13/h11-13H,2-10H2,1H3. The van der Waals surface area contributed by atoms with Crippen molar-refractivity contribution in [2.24, 2.45) is 0 Å². The van der Waals surface area contributed by atoms with E-state index >= 15 is 0 Å². The van der Waals surface area contributed by atoms with E-state index in [0.717, 1.165) is 38.7 Å². The Morgan fingerprint density at radius 1 is 0.850 bits per heavy atom. The van der Waals surface area contributed by atoms with Crippen LogP contribution in [-0.2, 0) is 27.5 Å². The molecule has 0 aromatic carbocycles. The first kappa shape index (κ1) is 14.9. The molecule has 3 aliphatic heterocycles. The van der Waals surface area contributed by atoms with E-state index in [2.05, 4.69) is 6.92 Å². The molecule has 3 fully saturated rings. The van der Waals surface area contributed by atoms with Crippen LogP contribution in [0.2, 0.25) is 6.04 Å². The molecule has 116 valence electrons. The highest BCUT2D eigenvalue weighted by Crippen LogP contribution is 2.25. The Balaban J connectivity index is 1.53. The highest BCUT2D eigenvalue weighted by atomic mass is 28.4. The highest BCUT2D eigenvalue weighted by molar-refractivity contribution is 6.60. The molecule has 0 aliphatic carbocycles. The van der Waals surface area contributed by atoms with Crippen LogP contribution in [0.3, 0.4) is 0 Å². The molecule has 0 N–H and O–H groups in total. The lowest BCUT2D eigenvalue weighted by molar-refractivity contribution is 0.0445. The van der Waals surface area contributed by atoms with Crippen molar-refractivity contribution in [3.05, 3.63) is 0 Å². The second-order valence-electron chi connectivity index (χ2n) is 5.59. The molecule has 0 aromatic rings. The highest BCUT2D eigenvalue weighted by Gasteiger charge is 2.45. The van der Waals surface area contributed by atoms with E-state index in [9.17, 15) is 0 Å². The van der Waals surface area contributed by atoms with Gasteiger partial charge in [0.05, 0.1) is 39.6 Å². The number of hydrogen-bond donors (Lipinski definition) is 0. The normalized spacial score (nSPS) is 33.8. The molecule has 0 aromatic heterocycles. The van der Waals surface area contributed by atoms with Crippen molar-refractivity contribution in [1.82, 2.24) is 0 Å². The summed E-state index contributed by atoms with van der Waals surface area (Å²) in [7, 11) is -2.62. The van der Waals surface area contributed by atoms with Gasteiger partial charge in [-0.1, -0.05) is 13.3 Å². The van der Waals surface area contributed by atoms with Gasteiger partial charge in [0.2, 0.25) is 0 Å². The second-order valence-corrected chi connectivity index (χ2v) is 8.32. The van der Waals surface area contributed by atoms with E-state index in [1.807, 2.05) is 0 Å². The third-order valence-electron chi connectivity index (χ3n) is 3.51. The molecule has 3 rings (SSSR count). The van der Waals surface area contributed by atoms with Crippen molar-refractivity contribution in [1.29, 1.82) is 0 Å². The van der Waals surface area contributed by atoms with Gasteiger partial charge in [-0.2, -0.15) is 0 Å². The summed E-state index contributed by atoms with van der Waals surface area (Å²) in [5.74, 6) is 0. The Kier molecular flexibility index (Phi) is 5.08. The van der Waals surface area contributed by atoms with Gasteiger partial charge in [0, 0.05) is 6.04 Å². The van der Waals surface area contributed by atoms with E-state index in [1.165, 1.54) is 0 Å². The lowest BCUT2D eigenvalue weighted by atomic mass is 10.4. The van der Waals surface area contributed by atoms with Crippen LogP contribution in [0.25, 0.3) is 0 Å². The number of hydrogen-bond acceptors (Lipinski definition) is 6. The summed E-state index contributed by atoms with van der Waals surface area (Å²) in [5.41, 5.74) is 0. The van der Waals surface area contributed by atoms with E-state index < -0.39 is 8.80 Å². The maximum absolute atomic E-state index is 6.07. The minimum absolute atomic E-state index is 0.227. The van der Waals surface area contributed by atoms with Crippen molar-refractivity contribution in [3.63, 3.8) is 0 Å². The summed E-state index contributed by atoms with van der Waals surface area (Å²) in [5, 5.41) is 0. The molecule has 3 saturated heterocycles. The summed E-state index contributed by atoms with van der Waals surface area (Å²) in [6.45, 7) is 6.26.